The van der Waals surface area contributed by atoms with Crippen molar-refractivity contribution in [2.45, 2.75) is 24.7 Å². The molecule has 1 saturated heterocycles. The lowest BCUT2D eigenvalue weighted by atomic mass is 9.74. The number of fused-ring (bicyclic) bond motifs is 1. The number of imide groups is 1. The normalized spacial score (nSPS) is 17.5. The molecule has 0 bridgehead atoms. The summed E-state index contributed by atoms with van der Waals surface area (Å²) in [7, 11) is 0. The second-order valence-corrected chi connectivity index (χ2v) is 8.79. The number of hydrogen-bond donors (Lipinski definition) is 1. The van der Waals surface area contributed by atoms with Gasteiger partial charge in [0.25, 0.3) is 11.8 Å². The van der Waals surface area contributed by atoms with Crippen LogP contribution in [0.25, 0.3) is 0 Å². The largest absolute Gasteiger partial charge is 0.381 e. The summed E-state index contributed by atoms with van der Waals surface area (Å²) < 4.78 is 19.6. The molecule has 1 fully saturated rings. The van der Waals surface area contributed by atoms with Crippen molar-refractivity contribution in [3.8, 4) is 0 Å². The SMILES string of the molecule is O=C(CCN1C(=O)c2ccc(Br)cc2C1=O)NCC1(c2ccc(F)cc2)CCOCC1. The van der Waals surface area contributed by atoms with Crippen molar-refractivity contribution in [2.24, 2.45) is 0 Å². The van der Waals surface area contributed by atoms with Crippen molar-refractivity contribution < 1.29 is 23.5 Å². The van der Waals surface area contributed by atoms with E-state index in [-0.39, 0.29) is 41.9 Å². The molecule has 0 unspecified atom stereocenters. The Morgan fingerprint density at radius 3 is 2.45 bits per heavy atom. The van der Waals surface area contributed by atoms with E-state index in [1.54, 1.807) is 30.3 Å². The highest BCUT2D eigenvalue weighted by molar-refractivity contribution is 9.10. The topological polar surface area (TPSA) is 75.7 Å². The molecular weight excluding hydrogens is 467 g/mol. The second-order valence-electron chi connectivity index (χ2n) is 7.88. The van der Waals surface area contributed by atoms with Crippen LogP contribution in [-0.4, -0.2) is 48.9 Å². The van der Waals surface area contributed by atoms with Crippen LogP contribution in [0.1, 0.15) is 45.5 Å². The number of ether oxygens (including phenoxy) is 1. The molecule has 0 radical (unpaired) electrons. The third-order valence-electron chi connectivity index (χ3n) is 6.03. The van der Waals surface area contributed by atoms with Crippen LogP contribution in [0.3, 0.4) is 0 Å². The first-order valence-electron chi connectivity index (χ1n) is 10.2. The standard InChI is InChI=1S/C23H22BrFN2O4/c24-16-3-6-18-19(13-16)22(30)27(21(18)29)10-7-20(28)26-14-23(8-11-31-12-9-23)15-1-4-17(25)5-2-15/h1-6,13H,7-12,14H2,(H,26,28). The number of carbonyl (C=O) groups excluding carboxylic acids is 3. The number of amides is 3. The first kappa shape index (κ1) is 21.6. The van der Waals surface area contributed by atoms with Crippen molar-refractivity contribution in [1.29, 1.82) is 0 Å². The predicted molar refractivity (Wildman–Crippen MR) is 115 cm³/mol. The third-order valence-corrected chi connectivity index (χ3v) is 6.52. The first-order chi connectivity index (χ1) is 14.9. The number of rotatable bonds is 6. The van der Waals surface area contributed by atoms with E-state index < -0.39 is 0 Å². The maximum Gasteiger partial charge on any atom is 0.261 e. The zero-order valence-corrected chi connectivity index (χ0v) is 18.4. The zero-order valence-electron chi connectivity index (χ0n) is 16.8. The fourth-order valence-electron chi connectivity index (χ4n) is 4.17. The Kier molecular flexibility index (Phi) is 6.20. The van der Waals surface area contributed by atoms with Crippen LogP contribution in [-0.2, 0) is 14.9 Å². The van der Waals surface area contributed by atoms with Crippen LogP contribution in [0, 0.1) is 5.82 Å². The average Bonchev–Trinajstić information content (AvgIpc) is 3.01. The van der Waals surface area contributed by atoms with Crippen molar-refractivity contribution >= 4 is 33.7 Å². The smallest absolute Gasteiger partial charge is 0.261 e. The van der Waals surface area contributed by atoms with Gasteiger partial charge in [0.05, 0.1) is 11.1 Å². The van der Waals surface area contributed by atoms with Gasteiger partial charge in [-0.15, -0.1) is 0 Å². The second kappa shape index (κ2) is 8.88. The van der Waals surface area contributed by atoms with Crippen molar-refractivity contribution in [2.75, 3.05) is 26.3 Å². The maximum atomic E-state index is 13.4. The Morgan fingerprint density at radius 2 is 1.74 bits per heavy atom. The lowest BCUT2D eigenvalue weighted by Gasteiger charge is -2.38. The van der Waals surface area contributed by atoms with Crippen LogP contribution < -0.4 is 5.32 Å². The van der Waals surface area contributed by atoms with Gasteiger partial charge in [-0.05, 0) is 48.7 Å². The fraction of sp³-hybridized carbons (Fsp3) is 0.348. The first-order valence-corrected chi connectivity index (χ1v) is 11.0. The molecule has 1 N–H and O–H groups in total. The molecule has 4 rings (SSSR count). The molecule has 0 atom stereocenters. The number of halogens is 2. The van der Waals surface area contributed by atoms with E-state index in [0.717, 1.165) is 14.9 Å². The molecule has 6 nitrogen and oxygen atoms in total. The van der Waals surface area contributed by atoms with E-state index in [1.165, 1.54) is 12.1 Å². The van der Waals surface area contributed by atoms with Crippen LogP contribution in [0.15, 0.2) is 46.9 Å². The minimum Gasteiger partial charge on any atom is -0.381 e. The Bertz CT molecular complexity index is 1020. The number of carbonyl (C=O) groups is 3. The lowest BCUT2D eigenvalue weighted by Crippen LogP contribution is -2.45. The van der Waals surface area contributed by atoms with Gasteiger partial charge in [0.15, 0.2) is 0 Å². The minimum absolute atomic E-state index is 0.0163. The average molecular weight is 489 g/mol. The molecule has 0 aliphatic carbocycles. The van der Waals surface area contributed by atoms with Crippen LogP contribution in [0.4, 0.5) is 4.39 Å². The lowest BCUT2D eigenvalue weighted by molar-refractivity contribution is -0.121. The molecule has 162 valence electrons. The number of benzene rings is 2. The molecular formula is C23H22BrFN2O4. The van der Waals surface area contributed by atoms with Gasteiger partial charge >= 0.3 is 0 Å². The monoisotopic (exact) mass is 488 g/mol. The van der Waals surface area contributed by atoms with E-state index in [1.807, 2.05) is 0 Å². The molecule has 3 amide bonds. The molecule has 0 aromatic heterocycles. The summed E-state index contributed by atoms with van der Waals surface area (Å²) in [5, 5.41) is 2.95. The van der Waals surface area contributed by atoms with E-state index in [2.05, 4.69) is 21.2 Å². The summed E-state index contributed by atoms with van der Waals surface area (Å²) in [5.41, 5.74) is 1.33. The van der Waals surface area contributed by atoms with Gasteiger partial charge in [0.1, 0.15) is 5.82 Å². The van der Waals surface area contributed by atoms with Gasteiger partial charge in [-0.1, -0.05) is 28.1 Å². The van der Waals surface area contributed by atoms with Gasteiger partial charge in [-0.3, -0.25) is 19.3 Å². The van der Waals surface area contributed by atoms with E-state index >= 15 is 0 Å². The Labute approximate surface area is 187 Å². The number of nitrogens with one attached hydrogen (secondary N) is 1. The fourth-order valence-corrected chi connectivity index (χ4v) is 4.53. The summed E-state index contributed by atoms with van der Waals surface area (Å²) in [4.78, 5) is 38.7. The van der Waals surface area contributed by atoms with Gasteiger partial charge in [0.2, 0.25) is 5.91 Å². The van der Waals surface area contributed by atoms with Crippen LogP contribution >= 0.6 is 15.9 Å². The van der Waals surface area contributed by atoms with Gasteiger partial charge in [-0.25, -0.2) is 4.39 Å². The Morgan fingerprint density at radius 1 is 1.06 bits per heavy atom. The van der Waals surface area contributed by atoms with Crippen molar-refractivity contribution in [3.63, 3.8) is 0 Å². The number of hydrogen-bond acceptors (Lipinski definition) is 4. The minimum atomic E-state index is -0.388. The molecule has 0 saturated carbocycles. The van der Waals surface area contributed by atoms with Crippen LogP contribution in [0.2, 0.25) is 0 Å². The summed E-state index contributed by atoms with van der Waals surface area (Å²) in [6, 6.07) is 11.3. The van der Waals surface area contributed by atoms with Crippen molar-refractivity contribution in [3.05, 3.63) is 69.4 Å². The molecule has 2 aromatic carbocycles. The number of nitrogens with zero attached hydrogens (tertiary/aromatic N) is 1. The summed E-state index contributed by atoms with van der Waals surface area (Å²) >= 11 is 3.31. The molecule has 31 heavy (non-hydrogen) atoms. The predicted octanol–water partition coefficient (Wildman–Crippen LogP) is 3.44. The van der Waals surface area contributed by atoms with Gasteiger partial charge < -0.3 is 10.1 Å². The molecule has 0 spiro atoms. The highest BCUT2D eigenvalue weighted by Gasteiger charge is 2.37. The Balaban J connectivity index is 1.38. The summed E-state index contributed by atoms with van der Waals surface area (Å²) in [5.74, 6) is -1.32. The van der Waals surface area contributed by atoms with Gasteiger partial charge in [-0.2, -0.15) is 0 Å². The summed E-state index contributed by atoms with van der Waals surface area (Å²) in [6.07, 6.45) is 1.45. The Hall–Kier alpha value is -2.58. The van der Waals surface area contributed by atoms with E-state index in [0.29, 0.717) is 43.7 Å². The molecule has 2 aromatic rings. The third kappa shape index (κ3) is 4.41. The molecule has 2 heterocycles. The molecule has 2 aliphatic rings. The highest BCUT2D eigenvalue weighted by Crippen LogP contribution is 2.34. The van der Waals surface area contributed by atoms with Crippen LogP contribution in [0.5, 0.6) is 0 Å². The maximum absolute atomic E-state index is 13.4. The van der Waals surface area contributed by atoms with E-state index in [9.17, 15) is 18.8 Å². The highest BCUT2D eigenvalue weighted by atomic mass is 79.9. The quantitative estimate of drug-likeness (QED) is 0.631. The van der Waals surface area contributed by atoms with E-state index in [4.69, 9.17) is 4.74 Å². The van der Waals surface area contributed by atoms with Crippen molar-refractivity contribution in [1.82, 2.24) is 10.2 Å². The summed E-state index contributed by atoms with van der Waals surface area (Å²) in [6.45, 7) is 1.54. The van der Waals surface area contributed by atoms with Gasteiger partial charge in [0, 0.05) is 42.6 Å². The zero-order chi connectivity index (χ0) is 22.0. The molecule has 8 heteroatoms. The molecule has 2 aliphatic heterocycles.